The molecule has 57 heavy (non-hydrogen) atoms. The SMILES string of the molecule is C[C@]12CC[C@H](O[C@@H]3O[C@H](CO)[C@@H](O)[C@H](O)[C@H]3O[C@@H]3O[C@H](CO)[C@@H](O)[C@H](O)[C@H]3O)[C@](C)(CO)C1CC[C@]1(C)[C@@H]2CC[C@@H]2[C@@]34CC[C@@H]([C@@H]3CC[C@]21C)[C@](C)(CO)OC4=O. The molecule has 3 aliphatic heterocycles. The molecule has 9 N–H and O–H groups in total. The number of hydrogen-bond acceptors (Lipinski definition) is 15. The standard InChI is InChI=1S/C42H68O15/c1-37-12-11-27(55-35-33(31(50)29(48)23(17-44)54-35)56-34-32(51)30(49)28(47)22(16-43)53-34)38(2,18-45)24(37)10-14-39(3)25(37)6-7-26-40(39,4)13-8-21-20-9-15-42(21,26)36(52)57-41(20,5)19-46/h20-35,43-51H,6-19H2,1-5H3/t20-,21-,22+,23+,24?,25+,26-,27-,28+,29+,30-,31-,32+,33+,34-,35-,37-,38+,39+,40+,41-,42+/m0/s1. The maximum absolute atomic E-state index is 14.3. The number of ether oxygens (including phenoxy) is 5. The first-order chi connectivity index (χ1) is 26.8. The summed E-state index contributed by atoms with van der Waals surface area (Å²) in [6.07, 6.45) is -7.67. The number of fused-ring (bicyclic) bond motifs is 5. The lowest BCUT2D eigenvalue weighted by molar-refractivity contribution is -0.379. The highest BCUT2D eigenvalue weighted by molar-refractivity contribution is 5.80. The molecule has 8 aliphatic rings. The van der Waals surface area contributed by atoms with E-state index in [-0.39, 0.29) is 59.1 Å². The summed E-state index contributed by atoms with van der Waals surface area (Å²) < 4.78 is 30.5. The van der Waals surface area contributed by atoms with Crippen LogP contribution in [0.15, 0.2) is 0 Å². The Bertz CT molecular complexity index is 1520. The number of aliphatic hydroxyl groups is 9. The molecule has 3 heterocycles. The fourth-order valence-corrected chi connectivity index (χ4v) is 15.4. The van der Waals surface area contributed by atoms with E-state index in [0.717, 1.165) is 57.8 Å². The van der Waals surface area contributed by atoms with E-state index in [1.54, 1.807) is 0 Å². The summed E-state index contributed by atoms with van der Waals surface area (Å²) in [7, 11) is 0. The van der Waals surface area contributed by atoms with Crippen LogP contribution in [0.25, 0.3) is 0 Å². The summed E-state index contributed by atoms with van der Waals surface area (Å²) in [5.41, 5.74) is -2.56. The van der Waals surface area contributed by atoms with E-state index in [1.807, 2.05) is 13.8 Å². The zero-order chi connectivity index (χ0) is 41.2. The molecule has 0 spiro atoms. The van der Waals surface area contributed by atoms with Crippen molar-refractivity contribution in [2.75, 3.05) is 26.4 Å². The lowest BCUT2D eigenvalue weighted by Gasteiger charge is -2.73. The van der Waals surface area contributed by atoms with Gasteiger partial charge in [0.05, 0.1) is 37.9 Å². The van der Waals surface area contributed by atoms with Gasteiger partial charge in [-0.05, 0) is 111 Å². The topological polar surface area (TPSA) is 245 Å². The van der Waals surface area contributed by atoms with Crippen molar-refractivity contribution in [3.8, 4) is 0 Å². The van der Waals surface area contributed by atoms with Crippen molar-refractivity contribution in [3.63, 3.8) is 0 Å². The molecule has 0 aromatic heterocycles. The molecule has 3 saturated heterocycles. The first-order valence-electron chi connectivity index (χ1n) is 21.5. The van der Waals surface area contributed by atoms with Gasteiger partial charge in [-0.1, -0.05) is 27.7 Å². The summed E-state index contributed by atoms with van der Waals surface area (Å²) in [5.74, 6) is 0.762. The van der Waals surface area contributed by atoms with Crippen molar-refractivity contribution < 1.29 is 74.4 Å². The number of hydrogen-bond donors (Lipinski definition) is 9. The van der Waals surface area contributed by atoms with Crippen molar-refractivity contribution in [2.24, 2.45) is 56.7 Å². The highest BCUT2D eigenvalue weighted by Gasteiger charge is 2.76. The fraction of sp³-hybridized carbons (Fsp3) is 0.976. The van der Waals surface area contributed by atoms with Gasteiger partial charge in [-0.2, -0.15) is 0 Å². The highest BCUT2D eigenvalue weighted by Crippen LogP contribution is 2.79. The van der Waals surface area contributed by atoms with Crippen LogP contribution in [0.5, 0.6) is 0 Å². The van der Waals surface area contributed by atoms with Crippen LogP contribution < -0.4 is 0 Å². The molecule has 0 aromatic carbocycles. The summed E-state index contributed by atoms with van der Waals surface area (Å²) in [6, 6.07) is 0. The summed E-state index contributed by atoms with van der Waals surface area (Å²) in [6.45, 7) is 9.49. The fourth-order valence-electron chi connectivity index (χ4n) is 15.4. The molecule has 8 fully saturated rings. The largest absolute Gasteiger partial charge is 0.456 e. The first-order valence-corrected chi connectivity index (χ1v) is 21.5. The van der Waals surface area contributed by atoms with Gasteiger partial charge < -0.3 is 69.6 Å². The normalized spacial score (nSPS) is 58.5. The third-order valence-electron chi connectivity index (χ3n) is 18.6. The molecule has 0 amide bonds. The van der Waals surface area contributed by atoms with E-state index < -0.39 is 97.2 Å². The molecule has 0 radical (unpaired) electrons. The average Bonchev–Trinajstić information content (AvgIpc) is 3.55. The Morgan fingerprint density at radius 3 is 1.84 bits per heavy atom. The smallest absolute Gasteiger partial charge is 0.313 e. The van der Waals surface area contributed by atoms with Crippen molar-refractivity contribution in [2.45, 2.75) is 172 Å². The number of carbonyl (C=O) groups excluding carboxylic acids is 1. The number of rotatable bonds is 8. The number of aliphatic hydroxyl groups excluding tert-OH is 9. The Morgan fingerprint density at radius 2 is 1.19 bits per heavy atom. The molecule has 15 nitrogen and oxygen atoms in total. The van der Waals surface area contributed by atoms with Gasteiger partial charge in [0.15, 0.2) is 12.6 Å². The van der Waals surface area contributed by atoms with E-state index >= 15 is 0 Å². The Hall–Kier alpha value is -1.05. The third kappa shape index (κ3) is 5.73. The molecule has 0 aromatic rings. The van der Waals surface area contributed by atoms with Crippen LogP contribution in [0.1, 0.15) is 98.8 Å². The molecule has 2 bridgehead atoms. The van der Waals surface area contributed by atoms with Gasteiger partial charge in [-0.15, -0.1) is 0 Å². The second kappa shape index (κ2) is 14.5. The molecule has 15 heteroatoms. The predicted octanol–water partition coefficient (Wildman–Crippen LogP) is 0.357. The Morgan fingerprint density at radius 1 is 0.596 bits per heavy atom. The molecular formula is C42H68O15. The zero-order valence-electron chi connectivity index (χ0n) is 34.1. The van der Waals surface area contributed by atoms with Crippen LogP contribution >= 0.6 is 0 Å². The van der Waals surface area contributed by atoms with Crippen LogP contribution in [0.2, 0.25) is 0 Å². The second-order valence-electron chi connectivity index (χ2n) is 20.6. The quantitative estimate of drug-likeness (QED) is 0.119. The number of esters is 1. The van der Waals surface area contributed by atoms with E-state index in [2.05, 4.69) is 20.8 Å². The Labute approximate surface area is 335 Å². The minimum Gasteiger partial charge on any atom is -0.456 e. The minimum absolute atomic E-state index is 0.0137. The highest BCUT2D eigenvalue weighted by atomic mass is 16.8. The van der Waals surface area contributed by atoms with Gasteiger partial charge in [-0.3, -0.25) is 4.79 Å². The number of carbonyl (C=O) groups is 1. The lowest BCUT2D eigenvalue weighted by Crippen LogP contribution is -2.70. The van der Waals surface area contributed by atoms with Crippen molar-refractivity contribution >= 4 is 5.97 Å². The maximum Gasteiger partial charge on any atom is 0.313 e. The van der Waals surface area contributed by atoms with Gasteiger partial charge in [-0.25, -0.2) is 0 Å². The molecule has 326 valence electrons. The molecule has 5 aliphatic carbocycles. The van der Waals surface area contributed by atoms with E-state index in [4.69, 9.17) is 23.7 Å². The summed E-state index contributed by atoms with van der Waals surface area (Å²) in [5, 5.41) is 95.2. The minimum atomic E-state index is -1.79. The predicted molar refractivity (Wildman–Crippen MR) is 198 cm³/mol. The molecule has 22 atom stereocenters. The van der Waals surface area contributed by atoms with Crippen LogP contribution in [-0.4, -0.2) is 151 Å². The van der Waals surface area contributed by atoms with Gasteiger partial charge in [0.2, 0.25) is 0 Å². The molecule has 1 unspecified atom stereocenters. The molecular weight excluding hydrogens is 744 g/mol. The van der Waals surface area contributed by atoms with E-state index in [9.17, 15) is 50.8 Å². The van der Waals surface area contributed by atoms with Gasteiger partial charge >= 0.3 is 5.97 Å². The summed E-state index contributed by atoms with van der Waals surface area (Å²) >= 11 is 0. The zero-order valence-corrected chi connectivity index (χ0v) is 34.1. The van der Waals surface area contributed by atoms with Crippen molar-refractivity contribution in [3.05, 3.63) is 0 Å². The summed E-state index contributed by atoms with van der Waals surface area (Å²) in [4.78, 5) is 14.3. The van der Waals surface area contributed by atoms with Crippen molar-refractivity contribution in [1.82, 2.24) is 0 Å². The van der Waals surface area contributed by atoms with Crippen LogP contribution in [0.4, 0.5) is 0 Å². The molecule has 5 saturated carbocycles. The van der Waals surface area contributed by atoms with Gasteiger partial charge in [0, 0.05) is 11.3 Å². The van der Waals surface area contributed by atoms with Crippen LogP contribution in [0, 0.1) is 56.7 Å². The lowest BCUT2D eigenvalue weighted by atomic mass is 9.31. The van der Waals surface area contributed by atoms with Gasteiger partial charge in [0.25, 0.3) is 0 Å². The van der Waals surface area contributed by atoms with Gasteiger partial charge in [0.1, 0.15) is 54.4 Å². The Kier molecular flexibility index (Phi) is 10.9. The maximum atomic E-state index is 14.3. The van der Waals surface area contributed by atoms with E-state index in [0.29, 0.717) is 12.3 Å². The Balaban J connectivity index is 1.05. The molecule has 8 rings (SSSR count). The average molecular weight is 813 g/mol. The third-order valence-corrected chi connectivity index (χ3v) is 18.6. The first kappa shape index (κ1) is 42.6. The monoisotopic (exact) mass is 812 g/mol. The van der Waals surface area contributed by atoms with Crippen LogP contribution in [0.3, 0.4) is 0 Å². The second-order valence-corrected chi connectivity index (χ2v) is 20.6. The van der Waals surface area contributed by atoms with Crippen molar-refractivity contribution in [1.29, 1.82) is 0 Å². The number of cyclic esters (lactones) is 1. The van der Waals surface area contributed by atoms with Crippen LogP contribution in [-0.2, 0) is 28.5 Å². The van der Waals surface area contributed by atoms with E-state index in [1.165, 1.54) is 0 Å².